The highest BCUT2D eigenvalue weighted by atomic mass is 16.1. The van der Waals surface area contributed by atoms with Crippen LogP contribution < -0.4 is 11.1 Å². The lowest BCUT2D eigenvalue weighted by atomic mass is 10.1. The standard InChI is InChI=1S/C17H24N6O2/c1-11(2)10-15-21-17(13(20-12(3)24)7-8-14(18)25)23(22-15)16-6-4-5-9-19-16/h4-6,9,11,13H,7-8,10H2,1-3H3,(H2,18,25)(H,20,24)/t13-/m0/s1. The Morgan fingerprint density at radius 1 is 1.32 bits per heavy atom. The average molecular weight is 344 g/mol. The first-order chi connectivity index (χ1) is 11.9. The van der Waals surface area contributed by atoms with Crippen LogP contribution in [0.1, 0.15) is 51.3 Å². The van der Waals surface area contributed by atoms with Crippen molar-refractivity contribution in [3.63, 3.8) is 0 Å². The molecule has 2 aromatic rings. The van der Waals surface area contributed by atoms with Crippen molar-refractivity contribution in [1.29, 1.82) is 0 Å². The summed E-state index contributed by atoms with van der Waals surface area (Å²) < 4.78 is 1.62. The van der Waals surface area contributed by atoms with Gasteiger partial charge in [0, 0.05) is 26.0 Å². The minimum absolute atomic E-state index is 0.138. The van der Waals surface area contributed by atoms with Crippen molar-refractivity contribution in [2.45, 2.75) is 46.1 Å². The fourth-order valence-corrected chi connectivity index (χ4v) is 2.49. The molecule has 2 heterocycles. The van der Waals surface area contributed by atoms with Gasteiger partial charge in [-0.1, -0.05) is 19.9 Å². The lowest BCUT2D eigenvalue weighted by Gasteiger charge is -2.17. The third kappa shape index (κ3) is 5.37. The van der Waals surface area contributed by atoms with Crippen LogP contribution >= 0.6 is 0 Å². The molecular weight excluding hydrogens is 320 g/mol. The molecule has 2 amide bonds. The Bertz CT molecular complexity index is 726. The molecule has 0 radical (unpaired) electrons. The fourth-order valence-electron chi connectivity index (χ4n) is 2.49. The minimum Gasteiger partial charge on any atom is -0.370 e. The van der Waals surface area contributed by atoms with Crippen LogP contribution in [0.25, 0.3) is 5.82 Å². The molecule has 0 spiro atoms. The molecule has 0 saturated heterocycles. The zero-order chi connectivity index (χ0) is 18.4. The SMILES string of the molecule is CC(=O)N[C@@H](CCC(N)=O)c1nc(CC(C)C)nn1-c1ccccn1. The predicted octanol–water partition coefficient (Wildman–Crippen LogP) is 1.30. The lowest BCUT2D eigenvalue weighted by Crippen LogP contribution is -2.29. The van der Waals surface area contributed by atoms with E-state index in [1.165, 1.54) is 6.92 Å². The second kappa shape index (κ2) is 8.36. The summed E-state index contributed by atoms with van der Waals surface area (Å²) in [7, 11) is 0. The molecule has 0 aliphatic rings. The molecule has 0 fully saturated rings. The quantitative estimate of drug-likeness (QED) is 0.749. The third-order valence-electron chi connectivity index (χ3n) is 3.50. The van der Waals surface area contributed by atoms with E-state index in [4.69, 9.17) is 5.73 Å². The van der Waals surface area contributed by atoms with Crippen molar-refractivity contribution < 1.29 is 9.59 Å². The highest BCUT2D eigenvalue weighted by molar-refractivity contribution is 5.75. The van der Waals surface area contributed by atoms with E-state index < -0.39 is 11.9 Å². The van der Waals surface area contributed by atoms with Gasteiger partial charge < -0.3 is 11.1 Å². The Labute approximate surface area is 146 Å². The zero-order valence-electron chi connectivity index (χ0n) is 14.8. The second-order valence-corrected chi connectivity index (χ2v) is 6.34. The third-order valence-corrected chi connectivity index (χ3v) is 3.50. The summed E-state index contributed by atoms with van der Waals surface area (Å²) >= 11 is 0. The van der Waals surface area contributed by atoms with E-state index in [2.05, 4.69) is 34.2 Å². The smallest absolute Gasteiger partial charge is 0.217 e. The number of amides is 2. The van der Waals surface area contributed by atoms with Gasteiger partial charge in [0.15, 0.2) is 17.5 Å². The van der Waals surface area contributed by atoms with Gasteiger partial charge in [-0.15, -0.1) is 5.10 Å². The maximum atomic E-state index is 11.6. The number of nitrogens with two attached hydrogens (primary N) is 1. The van der Waals surface area contributed by atoms with Gasteiger partial charge in [-0.25, -0.2) is 9.97 Å². The number of carbonyl (C=O) groups is 2. The molecule has 25 heavy (non-hydrogen) atoms. The van der Waals surface area contributed by atoms with Crippen molar-refractivity contribution >= 4 is 11.8 Å². The molecule has 2 rings (SSSR count). The van der Waals surface area contributed by atoms with Crippen LogP contribution in [0.15, 0.2) is 24.4 Å². The normalized spacial score (nSPS) is 12.2. The molecule has 0 aliphatic carbocycles. The molecule has 3 N–H and O–H groups in total. The van der Waals surface area contributed by atoms with Gasteiger partial charge in [0.05, 0.1) is 6.04 Å². The van der Waals surface area contributed by atoms with Crippen molar-refractivity contribution in [1.82, 2.24) is 25.1 Å². The highest BCUT2D eigenvalue weighted by Gasteiger charge is 2.23. The summed E-state index contributed by atoms with van der Waals surface area (Å²) in [5.74, 6) is 1.57. The number of carbonyl (C=O) groups excluding carboxylic acids is 2. The number of aromatic nitrogens is 4. The maximum absolute atomic E-state index is 11.6. The monoisotopic (exact) mass is 344 g/mol. The van der Waals surface area contributed by atoms with Gasteiger partial charge in [0.2, 0.25) is 11.8 Å². The minimum atomic E-state index is -0.472. The van der Waals surface area contributed by atoms with Crippen LogP contribution in [0, 0.1) is 5.92 Å². The number of hydrogen-bond acceptors (Lipinski definition) is 5. The van der Waals surface area contributed by atoms with E-state index in [0.717, 1.165) is 0 Å². The summed E-state index contributed by atoms with van der Waals surface area (Å²) in [6, 6.07) is 5.01. The van der Waals surface area contributed by atoms with Crippen molar-refractivity contribution in [2.24, 2.45) is 11.7 Å². The predicted molar refractivity (Wildman–Crippen MR) is 92.7 cm³/mol. The van der Waals surface area contributed by atoms with Crippen molar-refractivity contribution in [3.8, 4) is 5.82 Å². The van der Waals surface area contributed by atoms with E-state index in [0.29, 0.717) is 36.2 Å². The van der Waals surface area contributed by atoms with Crippen LogP contribution in [-0.4, -0.2) is 31.6 Å². The first-order valence-electron chi connectivity index (χ1n) is 8.29. The van der Waals surface area contributed by atoms with E-state index in [9.17, 15) is 9.59 Å². The summed E-state index contributed by atoms with van der Waals surface area (Å²) in [5.41, 5.74) is 5.26. The molecule has 8 nitrogen and oxygen atoms in total. The molecule has 0 aliphatic heterocycles. The molecular formula is C17H24N6O2. The number of primary amides is 1. The Balaban J connectivity index is 2.44. The number of nitrogens with zero attached hydrogens (tertiary/aromatic N) is 4. The summed E-state index contributed by atoms with van der Waals surface area (Å²) in [5, 5.41) is 7.38. The average Bonchev–Trinajstić information content (AvgIpc) is 2.94. The summed E-state index contributed by atoms with van der Waals surface area (Å²) in [6.45, 7) is 5.59. The van der Waals surface area contributed by atoms with Gasteiger partial charge in [-0.05, 0) is 24.5 Å². The first-order valence-corrected chi connectivity index (χ1v) is 8.29. The van der Waals surface area contributed by atoms with Crippen molar-refractivity contribution in [3.05, 3.63) is 36.0 Å². The Morgan fingerprint density at radius 3 is 2.64 bits per heavy atom. The molecule has 0 saturated carbocycles. The summed E-state index contributed by atoms with van der Waals surface area (Å²) in [6.07, 6.45) is 2.86. The fraction of sp³-hybridized carbons (Fsp3) is 0.471. The molecule has 1 atom stereocenters. The van der Waals surface area contributed by atoms with Crippen LogP contribution in [0.3, 0.4) is 0 Å². The molecule has 0 bridgehead atoms. The van der Waals surface area contributed by atoms with Crippen molar-refractivity contribution in [2.75, 3.05) is 0 Å². The Hall–Kier alpha value is -2.77. The topological polar surface area (TPSA) is 116 Å². The van der Waals surface area contributed by atoms with Crippen LogP contribution in [0.5, 0.6) is 0 Å². The van der Waals surface area contributed by atoms with Gasteiger partial charge in [0.1, 0.15) is 0 Å². The van der Waals surface area contributed by atoms with E-state index in [1.54, 1.807) is 10.9 Å². The molecule has 0 unspecified atom stereocenters. The van der Waals surface area contributed by atoms with Crippen LogP contribution in [-0.2, 0) is 16.0 Å². The summed E-state index contributed by atoms with van der Waals surface area (Å²) in [4.78, 5) is 31.7. The number of pyridine rings is 1. The lowest BCUT2D eigenvalue weighted by molar-refractivity contribution is -0.121. The van der Waals surface area contributed by atoms with Gasteiger partial charge in [-0.3, -0.25) is 9.59 Å². The van der Waals surface area contributed by atoms with Gasteiger partial charge in [0.25, 0.3) is 0 Å². The maximum Gasteiger partial charge on any atom is 0.217 e. The second-order valence-electron chi connectivity index (χ2n) is 6.34. The Morgan fingerprint density at radius 2 is 2.08 bits per heavy atom. The van der Waals surface area contributed by atoms with Crippen LogP contribution in [0.4, 0.5) is 0 Å². The number of nitrogens with one attached hydrogen (secondary N) is 1. The largest absolute Gasteiger partial charge is 0.370 e. The molecule has 0 aromatic carbocycles. The highest BCUT2D eigenvalue weighted by Crippen LogP contribution is 2.20. The van der Waals surface area contributed by atoms with Gasteiger partial charge >= 0.3 is 0 Å². The van der Waals surface area contributed by atoms with E-state index >= 15 is 0 Å². The first kappa shape index (κ1) is 18.6. The van der Waals surface area contributed by atoms with Gasteiger partial charge in [-0.2, -0.15) is 4.68 Å². The molecule has 8 heteroatoms. The Kier molecular flexibility index (Phi) is 6.21. The molecule has 2 aromatic heterocycles. The molecule has 134 valence electrons. The number of rotatable bonds is 8. The van der Waals surface area contributed by atoms with Crippen LogP contribution in [0.2, 0.25) is 0 Å². The van der Waals surface area contributed by atoms with E-state index in [-0.39, 0.29) is 12.3 Å². The zero-order valence-corrected chi connectivity index (χ0v) is 14.8. The van der Waals surface area contributed by atoms with E-state index in [1.807, 2.05) is 18.2 Å². The number of hydrogen-bond donors (Lipinski definition) is 2.